The summed E-state index contributed by atoms with van der Waals surface area (Å²) in [6.07, 6.45) is 0.801. The van der Waals surface area contributed by atoms with Crippen LogP contribution in [0.1, 0.15) is 29.8 Å². The molecule has 1 aromatic carbocycles. The van der Waals surface area contributed by atoms with E-state index in [1.807, 2.05) is 0 Å². The molecule has 0 aliphatic rings. The molecule has 0 bridgehead atoms. The van der Waals surface area contributed by atoms with Gasteiger partial charge in [0, 0.05) is 10.6 Å². The number of carbonyl (C=O) groups excluding carboxylic acids is 1. The molecule has 5 heteroatoms. The molecule has 17 heavy (non-hydrogen) atoms. The normalized spacial score (nSPS) is 9.88. The summed E-state index contributed by atoms with van der Waals surface area (Å²) in [5, 5.41) is 3.61. The summed E-state index contributed by atoms with van der Waals surface area (Å²) in [5.74, 6) is 0.0158. The van der Waals surface area contributed by atoms with Gasteiger partial charge in [0.15, 0.2) is 0 Å². The van der Waals surface area contributed by atoms with Crippen LogP contribution in [0.2, 0.25) is 0 Å². The molecule has 5 nitrogen and oxygen atoms in total. The molecule has 0 spiro atoms. The van der Waals surface area contributed by atoms with Crippen molar-refractivity contribution in [2.75, 3.05) is 7.11 Å². The highest BCUT2D eigenvalue weighted by molar-refractivity contribution is 5.90. The SMILES string of the molecule is COC(=O)c1ccc(CC(C)C)c(N=[N+]=[N-])c1. The molecule has 0 unspecified atom stereocenters. The van der Waals surface area contributed by atoms with Crippen molar-refractivity contribution >= 4 is 11.7 Å². The average Bonchev–Trinajstić information content (AvgIpc) is 2.30. The van der Waals surface area contributed by atoms with Crippen molar-refractivity contribution in [1.29, 1.82) is 0 Å². The molecule has 0 aromatic heterocycles. The Morgan fingerprint density at radius 2 is 2.24 bits per heavy atom. The van der Waals surface area contributed by atoms with Crippen LogP contribution in [0.15, 0.2) is 23.3 Å². The number of ether oxygens (including phenoxy) is 1. The molecule has 0 N–H and O–H groups in total. The van der Waals surface area contributed by atoms with Gasteiger partial charge < -0.3 is 4.74 Å². The van der Waals surface area contributed by atoms with Crippen LogP contribution < -0.4 is 0 Å². The highest BCUT2D eigenvalue weighted by Gasteiger charge is 2.09. The second kappa shape index (κ2) is 5.92. The molecule has 90 valence electrons. The van der Waals surface area contributed by atoms with Gasteiger partial charge in [-0.2, -0.15) is 0 Å². The lowest BCUT2D eigenvalue weighted by Crippen LogP contribution is -2.02. The van der Waals surface area contributed by atoms with E-state index in [-0.39, 0.29) is 0 Å². The van der Waals surface area contributed by atoms with Crippen LogP contribution in [-0.2, 0) is 11.2 Å². The Morgan fingerprint density at radius 1 is 1.53 bits per heavy atom. The molecular formula is C12H15N3O2. The molecule has 0 amide bonds. The van der Waals surface area contributed by atoms with Gasteiger partial charge in [0.1, 0.15) is 0 Å². The molecule has 0 radical (unpaired) electrons. The van der Waals surface area contributed by atoms with Gasteiger partial charge in [-0.25, -0.2) is 4.79 Å². The smallest absolute Gasteiger partial charge is 0.337 e. The number of esters is 1. The second-order valence-electron chi connectivity index (χ2n) is 4.12. The van der Waals surface area contributed by atoms with Gasteiger partial charge in [-0.05, 0) is 35.6 Å². The molecule has 0 heterocycles. The van der Waals surface area contributed by atoms with E-state index in [2.05, 4.69) is 28.6 Å². The summed E-state index contributed by atoms with van der Waals surface area (Å²) in [6.45, 7) is 4.15. The maximum Gasteiger partial charge on any atom is 0.337 e. The largest absolute Gasteiger partial charge is 0.465 e. The second-order valence-corrected chi connectivity index (χ2v) is 4.12. The Hall–Kier alpha value is -2.00. The number of benzene rings is 1. The van der Waals surface area contributed by atoms with Crippen LogP contribution in [0.4, 0.5) is 5.69 Å². The number of carbonyl (C=O) groups is 1. The summed E-state index contributed by atoms with van der Waals surface area (Å²) < 4.78 is 4.62. The van der Waals surface area contributed by atoms with Crippen molar-refractivity contribution in [3.8, 4) is 0 Å². The Labute approximate surface area is 100 Å². The Bertz CT molecular complexity index is 463. The van der Waals surface area contributed by atoms with Gasteiger partial charge in [0.2, 0.25) is 0 Å². The molecule has 0 atom stereocenters. The van der Waals surface area contributed by atoms with Crippen LogP contribution in [0.25, 0.3) is 10.4 Å². The first kappa shape index (κ1) is 13.1. The summed E-state index contributed by atoms with van der Waals surface area (Å²) in [4.78, 5) is 14.1. The summed E-state index contributed by atoms with van der Waals surface area (Å²) in [6, 6.07) is 5.04. The van der Waals surface area contributed by atoms with E-state index in [1.165, 1.54) is 7.11 Å². The first-order chi connectivity index (χ1) is 8.08. The van der Waals surface area contributed by atoms with Crippen LogP contribution >= 0.6 is 0 Å². The van der Waals surface area contributed by atoms with Crippen LogP contribution in [-0.4, -0.2) is 13.1 Å². The maximum absolute atomic E-state index is 11.3. The lowest BCUT2D eigenvalue weighted by molar-refractivity contribution is 0.0601. The van der Waals surface area contributed by atoms with Crippen molar-refractivity contribution in [1.82, 2.24) is 0 Å². The van der Waals surface area contributed by atoms with E-state index in [9.17, 15) is 4.79 Å². The zero-order chi connectivity index (χ0) is 12.8. The van der Waals surface area contributed by atoms with Crippen LogP contribution in [0, 0.1) is 5.92 Å². The van der Waals surface area contributed by atoms with Crippen molar-refractivity contribution in [3.05, 3.63) is 39.8 Å². The highest BCUT2D eigenvalue weighted by Crippen LogP contribution is 2.24. The van der Waals surface area contributed by atoms with E-state index < -0.39 is 5.97 Å². The fraction of sp³-hybridized carbons (Fsp3) is 0.417. The number of nitrogens with zero attached hydrogens (tertiary/aromatic N) is 3. The summed E-state index contributed by atoms with van der Waals surface area (Å²) in [7, 11) is 1.32. The number of rotatable bonds is 4. The van der Waals surface area contributed by atoms with Gasteiger partial charge in [-0.3, -0.25) is 0 Å². The Morgan fingerprint density at radius 3 is 2.76 bits per heavy atom. The summed E-state index contributed by atoms with van der Waals surface area (Å²) in [5.41, 5.74) is 10.3. The van der Waals surface area contributed by atoms with Crippen LogP contribution in [0.3, 0.4) is 0 Å². The first-order valence-electron chi connectivity index (χ1n) is 5.34. The molecule has 0 aliphatic heterocycles. The number of hydrogen-bond acceptors (Lipinski definition) is 3. The maximum atomic E-state index is 11.3. The van der Waals surface area contributed by atoms with E-state index in [4.69, 9.17) is 5.53 Å². The average molecular weight is 233 g/mol. The quantitative estimate of drug-likeness (QED) is 0.344. The first-order valence-corrected chi connectivity index (χ1v) is 5.34. The number of hydrogen-bond donors (Lipinski definition) is 0. The lowest BCUT2D eigenvalue weighted by Gasteiger charge is -2.09. The number of methoxy groups -OCH3 is 1. The molecule has 0 aliphatic carbocycles. The molecule has 0 fully saturated rings. The van der Waals surface area contributed by atoms with Gasteiger partial charge in [-0.1, -0.05) is 25.0 Å². The third-order valence-electron chi connectivity index (χ3n) is 2.29. The van der Waals surface area contributed by atoms with Crippen molar-refractivity contribution in [2.24, 2.45) is 11.0 Å². The predicted octanol–water partition coefficient (Wildman–Crippen LogP) is 3.61. The molecule has 1 rings (SSSR count). The minimum absolute atomic E-state index is 0.391. The van der Waals surface area contributed by atoms with Crippen molar-refractivity contribution in [3.63, 3.8) is 0 Å². The van der Waals surface area contributed by atoms with Crippen molar-refractivity contribution in [2.45, 2.75) is 20.3 Å². The van der Waals surface area contributed by atoms with Gasteiger partial charge in [0.25, 0.3) is 0 Å². The van der Waals surface area contributed by atoms with E-state index in [1.54, 1.807) is 18.2 Å². The van der Waals surface area contributed by atoms with E-state index in [0.29, 0.717) is 17.2 Å². The Kier molecular flexibility index (Phi) is 4.55. The third-order valence-corrected chi connectivity index (χ3v) is 2.29. The highest BCUT2D eigenvalue weighted by atomic mass is 16.5. The minimum atomic E-state index is -0.435. The fourth-order valence-corrected chi connectivity index (χ4v) is 1.56. The fourth-order valence-electron chi connectivity index (χ4n) is 1.56. The van der Waals surface area contributed by atoms with E-state index in [0.717, 1.165) is 12.0 Å². The monoisotopic (exact) mass is 233 g/mol. The summed E-state index contributed by atoms with van der Waals surface area (Å²) >= 11 is 0. The lowest BCUT2D eigenvalue weighted by atomic mass is 10.00. The number of azide groups is 1. The van der Waals surface area contributed by atoms with Crippen molar-refractivity contribution < 1.29 is 9.53 Å². The molecule has 0 saturated heterocycles. The predicted molar refractivity (Wildman–Crippen MR) is 65.1 cm³/mol. The molecular weight excluding hydrogens is 218 g/mol. The Balaban J connectivity index is 3.16. The van der Waals surface area contributed by atoms with Crippen LogP contribution in [0.5, 0.6) is 0 Å². The van der Waals surface area contributed by atoms with Gasteiger partial charge in [0.05, 0.1) is 12.7 Å². The van der Waals surface area contributed by atoms with E-state index >= 15 is 0 Å². The minimum Gasteiger partial charge on any atom is -0.465 e. The third kappa shape index (κ3) is 3.50. The zero-order valence-corrected chi connectivity index (χ0v) is 10.2. The van der Waals surface area contributed by atoms with Gasteiger partial charge >= 0.3 is 5.97 Å². The van der Waals surface area contributed by atoms with Gasteiger partial charge in [-0.15, -0.1) is 0 Å². The topological polar surface area (TPSA) is 75.1 Å². The zero-order valence-electron chi connectivity index (χ0n) is 10.2. The standard InChI is InChI=1S/C12H15N3O2/c1-8(2)6-9-4-5-10(12(16)17-3)7-11(9)14-15-13/h4-5,7-8H,6H2,1-3H3. The molecule has 0 saturated carbocycles. The molecule has 1 aromatic rings.